The van der Waals surface area contributed by atoms with Crippen LogP contribution in [0.25, 0.3) is 0 Å². The van der Waals surface area contributed by atoms with E-state index in [0.29, 0.717) is 17.8 Å². The number of hydrogen-bond acceptors (Lipinski definition) is 4. The van der Waals surface area contributed by atoms with Gasteiger partial charge in [0.25, 0.3) is 11.8 Å². The van der Waals surface area contributed by atoms with Crippen molar-refractivity contribution >= 4 is 23.5 Å². The predicted octanol–water partition coefficient (Wildman–Crippen LogP) is -0.482. The molecule has 1 aromatic carbocycles. The van der Waals surface area contributed by atoms with E-state index in [0.717, 1.165) is 0 Å². The lowest BCUT2D eigenvalue weighted by Gasteiger charge is -2.11. The van der Waals surface area contributed by atoms with Crippen LogP contribution in [-0.2, 0) is 4.79 Å². The molecule has 20 heavy (non-hydrogen) atoms. The summed E-state index contributed by atoms with van der Waals surface area (Å²) in [7, 11) is 0. The lowest BCUT2D eigenvalue weighted by molar-refractivity contribution is -0.118. The number of carbonyl (C=O) groups excluding carboxylic acids is 3. The molecule has 0 aromatic heterocycles. The minimum Gasteiger partial charge on any atom is -0.352 e. The molecule has 0 aliphatic carbocycles. The third-order valence-electron chi connectivity index (χ3n) is 2.60. The zero-order chi connectivity index (χ0) is 14.5. The van der Waals surface area contributed by atoms with E-state index in [2.05, 4.69) is 26.8 Å². The average molecular weight is 277 g/mol. The fourth-order valence-electron chi connectivity index (χ4n) is 1.69. The Morgan fingerprint density at radius 3 is 2.80 bits per heavy atom. The van der Waals surface area contributed by atoms with Gasteiger partial charge in [-0.25, -0.2) is 10.2 Å². The van der Waals surface area contributed by atoms with E-state index >= 15 is 0 Å². The van der Waals surface area contributed by atoms with Crippen LogP contribution in [0, 0.1) is 0 Å². The Balaban J connectivity index is 2.02. The third kappa shape index (κ3) is 3.23. The molecule has 1 aliphatic rings. The van der Waals surface area contributed by atoms with E-state index in [1.54, 1.807) is 24.3 Å². The van der Waals surface area contributed by atoms with Crippen LogP contribution < -0.4 is 26.8 Å². The van der Waals surface area contributed by atoms with Crippen LogP contribution in [0.1, 0.15) is 17.3 Å². The number of carbonyl (C=O) groups is 3. The molecule has 2 rings (SSSR count). The minimum absolute atomic E-state index is 0.211. The first-order chi connectivity index (χ1) is 9.60. The molecule has 1 aliphatic heterocycles. The van der Waals surface area contributed by atoms with E-state index in [-0.39, 0.29) is 5.91 Å². The van der Waals surface area contributed by atoms with Crippen LogP contribution in [0.4, 0.5) is 10.5 Å². The van der Waals surface area contributed by atoms with Gasteiger partial charge in [-0.3, -0.25) is 15.0 Å². The first-order valence-electron chi connectivity index (χ1n) is 6.11. The standard InChI is InChI=1S/C12H15N5O3/c1-2-13-10(18)7-4-3-5-8(6-7)14-11(19)9-15-12(20)17-16-9/h3-6,9,16H,2H2,1H3,(H,13,18)(H,14,19)(H2,15,17,20). The molecular weight excluding hydrogens is 262 g/mol. The van der Waals surface area contributed by atoms with Crippen molar-refractivity contribution in [2.45, 2.75) is 13.1 Å². The highest BCUT2D eigenvalue weighted by Crippen LogP contribution is 2.11. The Bertz CT molecular complexity index is 546. The molecule has 0 spiro atoms. The second-order valence-electron chi connectivity index (χ2n) is 4.11. The second-order valence-corrected chi connectivity index (χ2v) is 4.11. The van der Waals surface area contributed by atoms with Gasteiger partial charge < -0.3 is 16.0 Å². The van der Waals surface area contributed by atoms with Crippen LogP contribution in [0.3, 0.4) is 0 Å². The van der Waals surface area contributed by atoms with Crippen molar-refractivity contribution in [3.63, 3.8) is 0 Å². The third-order valence-corrected chi connectivity index (χ3v) is 2.60. The molecule has 1 heterocycles. The molecule has 1 saturated heterocycles. The Hall–Kier alpha value is -2.61. The first kappa shape index (κ1) is 13.8. The molecular formula is C12H15N5O3. The molecule has 4 amide bonds. The van der Waals surface area contributed by atoms with Crippen molar-refractivity contribution in [1.82, 2.24) is 21.5 Å². The van der Waals surface area contributed by atoms with Crippen molar-refractivity contribution < 1.29 is 14.4 Å². The van der Waals surface area contributed by atoms with Gasteiger partial charge in [-0.15, -0.1) is 0 Å². The Morgan fingerprint density at radius 2 is 2.15 bits per heavy atom. The summed E-state index contributed by atoms with van der Waals surface area (Å²) in [5, 5.41) is 7.66. The maximum absolute atomic E-state index is 11.8. The summed E-state index contributed by atoms with van der Waals surface area (Å²) >= 11 is 0. The fraction of sp³-hybridized carbons (Fsp3) is 0.250. The van der Waals surface area contributed by atoms with Gasteiger partial charge in [-0.2, -0.15) is 0 Å². The summed E-state index contributed by atoms with van der Waals surface area (Å²) in [6.07, 6.45) is -0.851. The van der Waals surface area contributed by atoms with Gasteiger partial charge in [0.05, 0.1) is 0 Å². The fourth-order valence-corrected chi connectivity index (χ4v) is 1.69. The minimum atomic E-state index is -0.851. The van der Waals surface area contributed by atoms with Crippen molar-refractivity contribution in [1.29, 1.82) is 0 Å². The smallest absolute Gasteiger partial charge is 0.330 e. The number of urea groups is 1. The molecule has 1 aromatic rings. The van der Waals surface area contributed by atoms with Gasteiger partial charge in [0.15, 0.2) is 6.17 Å². The molecule has 1 atom stereocenters. The summed E-state index contributed by atoms with van der Waals surface area (Å²) in [6.45, 7) is 2.35. The van der Waals surface area contributed by atoms with Crippen LogP contribution in [-0.4, -0.2) is 30.6 Å². The van der Waals surface area contributed by atoms with Gasteiger partial charge in [-0.05, 0) is 25.1 Å². The number of anilines is 1. The van der Waals surface area contributed by atoms with Crippen molar-refractivity contribution in [2.24, 2.45) is 0 Å². The molecule has 1 unspecified atom stereocenters. The normalized spacial score (nSPS) is 17.1. The van der Waals surface area contributed by atoms with E-state index in [1.165, 1.54) is 0 Å². The maximum atomic E-state index is 11.8. The SMILES string of the molecule is CCNC(=O)c1cccc(NC(=O)C2NNC(=O)N2)c1. The maximum Gasteiger partial charge on any atom is 0.330 e. The lowest BCUT2D eigenvalue weighted by Crippen LogP contribution is -2.44. The van der Waals surface area contributed by atoms with Crippen molar-refractivity contribution in [2.75, 3.05) is 11.9 Å². The zero-order valence-corrected chi connectivity index (χ0v) is 10.8. The largest absolute Gasteiger partial charge is 0.352 e. The van der Waals surface area contributed by atoms with Gasteiger partial charge in [0.1, 0.15) is 0 Å². The van der Waals surface area contributed by atoms with Gasteiger partial charge in [0.2, 0.25) is 0 Å². The highest BCUT2D eigenvalue weighted by molar-refractivity contribution is 6.00. The van der Waals surface area contributed by atoms with Crippen molar-refractivity contribution in [3.8, 4) is 0 Å². The molecule has 8 heteroatoms. The second kappa shape index (κ2) is 6.02. The number of nitrogens with one attached hydrogen (secondary N) is 5. The predicted molar refractivity (Wildman–Crippen MR) is 71.7 cm³/mol. The monoisotopic (exact) mass is 277 g/mol. The van der Waals surface area contributed by atoms with Crippen LogP contribution >= 0.6 is 0 Å². The molecule has 0 saturated carbocycles. The van der Waals surface area contributed by atoms with Crippen molar-refractivity contribution in [3.05, 3.63) is 29.8 Å². The van der Waals surface area contributed by atoms with E-state index < -0.39 is 18.1 Å². The van der Waals surface area contributed by atoms with E-state index in [9.17, 15) is 14.4 Å². The molecule has 0 radical (unpaired) electrons. The summed E-state index contributed by atoms with van der Waals surface area (Å²) in [5.74, 6) is -0.644. The van der Waals surface area contributed by atoms with Crippen LogP contribution in [0.15, 0.2) is 24.3 Å². The van der Waals surface area contributed by atoms with Gasteiger partial charge in [0, 0.05) is 17.8 Å². The Labute approximate surface area is 115 Å². The zero-order valence-electron chi connectivity index (χ0n) is 10.8. The molecule has 5 N–H and O–H groups in total. The quantitative estimate of drug-likeness (QED) is 0.511. The van der Waals surface area contributed by atoms with Gasteiger partial charge in [-0.1, -0.05) is 6.07 Å². The van der Waals surface area contributed by atoms with E-state index in [1.807, 2.05) is 6.92 Å². The molecule has 0 bridgehead atoms. The number of benzene rings is 1. The van der Waals surface area contributed by atoms with E-state index in [4.69, 9.17) is 0 Å². The summed E-state index contributed by atoms with van der Waals surface area (Å²) < 4.78 is 0. The molecule has 1 fully saturated rings. The number of amides is 4. The van der Waals surface area contributed by atoms with Crippen LogP contribution in [0.2, 0.25) is 0 Å². The number of rotatable bonds is 4. The topological polar surface area (TPSA) is 111 Å². The lowest BCUT2D eigenvalue weighted by atomic mass is 10.2. The summed E-state index contributed by atoms with van der Waals surface area (Å²) in [5.41, 5.74) is 5.66. The Kier molecular flexibility index (Phi) is 4.16. The summed E-state index contributed by atoms with van der Waals surface area (Å²) in [4.78, 5) is 34.4. The molecule has 8 nitrogen and oxygen atoms in total. The number of hydrogen-bond donors (Lipinski definition) is 5. The average Bonchev–Trinajstić information content (AvgIpc) is 2.86. The Morgan fingerprint density at radius 1 is 1.35 bits per heavy atom. The molecule has 106 valence electrons. The number of hydrazine groups is 1. The highest BCUT2D eigenvalue weighted by atomic mass is 16.2. The van der Waals surface area contributed by atoms with Crippen LogP contribution in [0.5, 0.6) is 0 Å². The highest BCUT2D eigenvalue weighted by Gasteiger charge is 2.26. The summed E-state index contributed by atoms with van der Waals surface area (Å²) in [6, 6.07) is 6.07. The van der Waals surface area contributed by atoms with Gasteiger partial charge >= 0.3 is 6.03 Å². The first-order valence-corrected chi connectivity index (χ1v) is 6.11.